The fourth-order valence-electron chi connectivity index (χ4n) is 3.51. The second kappa shape index (κ2) is 7.97. The van der Waals surface area contributed by atoms with Crippen molar-refractivity contribution in [1.82, 2.24) is 24.4 Å². The molecule has 0 spiro atoms. The van der Waals surface area contributed by atoms with Crippen LogP contribution in [0.4, 0.5) is 0 Å². The molecule has 0 radical (unpaired) electrons. The number of aromatic nitrogens is 4. The van der Waals surface area contributed by atoms with Gasteiger partial charge >= 0.3 is 5.69 Å². The van der Waals surface area contributed by atoms with E-state index in [2.05, 4.69) is 15.3 Å². The maximum Gasteiger partial charge on any atom is 0.332 e. The van der Waals surface area contributed by atoms with Gasteiger partial charge in [0, 0.05) is 26.6 Å². The third-order valence-electron chi connectivity index (χ3n) is 5.49. The molecule has 5 rings (SSSR count). The Balaban J connectivity index is 1.36. The Morgan fingerprint density at radius 1 is 1.16 bits per heavy atom. The van der Waals surface area contributed by atoms with E-state index < -0.39 is 11.2 Å². The maximum absolute atomic E-state index is 12.8. The van der Waals surface area contributed by atoms with E-state index in [1.807, 2.05) is 18.2 Å². The summed E-state index contributed by atoms with van der Waals surface area (Å²) < 4.78 is 13.0. The van der Waals surface area contributed by atoms with E-state index in [9.17, 15) is 14.4 Å². The third kappa shape index (κ3) is 3.72. The number of nitrogens with zero attached hydrogens (tertiary/aromatic N) is 4. The Morgan fingerprint density at radius 2 is 1.94 bits per heavy atom. The molecule has 0 unspecified atom stereocenters. The number of hydrogen-bond donors (Lipinski definition) is 1. The van der Waals surface area contributed by atoms with Crippen LogP contribution in [0.3, 0.4) is 0 Å². The van der Waals surface area contributed by atoms with Crippen molar-refractivity contribution in [2.24, 2.45) is 14.1 Å². The Labute approximate surface area is 186 Å². The van der Waals surface area contributed by atoms with Crippen LogP contribution in [0.15, 0.2) is 32.8 Å². The predicted molar refractivity (Wildman–Crippen MR) is 117 cm³/mol. The molecular formula is C21H21N5O5S. The van der Waals surface area contributed by atoms with Gasteiger partial charge in [0.15, 0.2) is 17.1 Å². The summed E-state index contributed by atoms with van der Waals surface area (Å²) in [6, 6.07) is 5.51. The molecule has 0 saturated heterocycles. The van der Waals surface area contributed by atoms with Crippen LogP contribution in [0, 0.1) is 0 Å². The number of ether oxygens (including phenoxy) is 2. The number of carbonyl (C=O) groups is 1. The maximum atomic E-state index is 12.8. The second-order valence-electron chi connectivity index (χ2n) is 7.82. The van der Waals surface area contributed by atoms with E-state index in [-0.39, 0.29) is 29.8 Å². The average Bonchev–Trinajstić information content (AvgIpc) is 3.55. The summed E-state index contributed by atoms with van der Waals surface area (Å²) in [6.07, 6.45) is 1.95. The fourth-order valence-corrected chi connectivity index (χ4v) is 4.36. The monoisotopic (exact) mass is 455 g/mol. The molecule has 1 fully saturated rings. The van der Waals surface area contributed by atoms with Crippen molar-refractivity contribution in [3.05, 3.63) is 50.4 Å². The molecule has 0 atom stereocenters. The number of rotatable bonds is 6. The van der Waals surface area contributed by atoms with Crippen molar-refractivity contribution < 1.29 is 14.3 Å². The van der Waals surface area contributed by atoms with Gasteiger partial charge in [-0.1, -0.05) is 17.8 Å². The molecule has 2 aliphatic rings. The lowest BCUT2D eigenvalue weighted by Crippen LogP contribution is -2.38. The topological polar surface area (TPSA) is 117 Å². The molecule has 10 nitrogen and oxygen atoms in total. The molecule has 1 aliphatic carbocycles. The number of fused-ring (bicyclic) bond motifs is 2. The minimum atomic E-state index is -0.464. The highest BCUT2D eigenvalue weighted by Crippen LogP contribution is 2.39. The Morgan fingerprint density at radius 3 is 2.72 bits per heavy atom. The minimum absolute atomic E-state index is 0.0762. The summed E-state index contributed by atoms with van der Waals surface area (Å²) in [5.41, 5.74) is 0.285. The first kappa shape index (κ1) is 20.6. The first-order valence-corrected chi connectivity index (χ1v) is 11.2. The summed E-state index contributed by atoms with van der Waals surface area (Å²) in [7, 11) is 3.01. The molecule has 1 aliphatic heterocycles. The Kier molecular flexibility index (Phi) is 5.12. The van der Waals surface area contributed by atoms with Crippen LogP contribution in [0.25, 0.3) is 11.0 Å². The molecule has 1 amide bonds. The number of nitrogens with one attached hydrogen (secondary N) is 1. The smallest absolute Gasteiger partial charge is 0.332 e. The van der Waals surface area contributed by atoms with Gasteiger partial charge in [0.05, 0.1) is 5.75 Å². The zero-order chi connectivity index (χ0) is 22.4. The first-order chi connectivity index (χ1) is 15.4. The van der Waals surface area contributed by atoms with E-state index >= 15 is 0 Å². The highest BCUT2D eigenvalue weighted by molar-refractivity contribution is 8.00. The van der Waals surface area contributed by atoms with Crippen LogP contribution >= 0.6 is 11.8 Å². The Bertz CT molecular complexity index is 1360. The van der Waals surface area contributed by atoms with E-state index in [1.165, 1.54) is 23.4 Å². The lowest BCUT2D eigenvalue weighted by molar-refractivity contribution is -0.118. The molecule has 32 heavy (non-hydrogen) atoms. The SMILES string of the molecule is Cn1c(=O)c2c(SCC(=O)NCc3ccc4c(c3)OCO4)nc(C3CC3)nc2n(C)c1=O. The van der Waals surface area contributed by atoms with Gasteiger partial charge in [-0.15, -0.1) is 0 Å². The normalized spacial score (nSPS) is 14.7. The molecule has 3 heterocycles. The highest BCUT2D eigenvalue weighted by Gasteiger charge is 2.29. The van der Waals surface area contributed by atoms with Gasteiger partial charge in [-0.2, -0.15) is 0 Å². The highest BCUT2D eigenvalue weighted by atomic mass is 32.2. The van der Waals surface area contributed by atoms with Gasteiger partial charge in [-0.3, -0.25) is 18.7 Å². The van der Waals surface area contributed by atoms with Crippen LogP contribution in [0.5, 0.6) is 11.5 Å². The van der Waals surface area contributed by atoms with Crippen LogP contribution in [0.2, 0.25) is 0 Å². The largest absolute Gasteiger partial charge is 0.454 e. The van der Waals surface area contributed by atoms with Crippen molar-refractivity contribution >= 4 is 28.7 Å². The molecule has 2 aromatic heterocycles. The first-order valence-electron chi connectivity index (χ1n) is 10.2. The fraction of sp³-hybridized carbons (Fsp3) is 0.381. The van der Waals surface area contributed by atoms with Gasteiger partial charge < -0.3 is 14.8 Å². The quantitative estimate of drug-likeness (QED) is 0.433. The Hall–Kier alpha value is -3.34. The molecule has 11 heteroatoms. The molecule has 3 aromatic rings. The van der Waals surface area contributed by atoms with Gasteiger partial charge in [0.25, 0.3) is 5.56 Å². The number of hydrogen-bond acceptors (Lipinski definition) is 8. The molecule has 1 aromatic carbocycles. The van der Waals surface area contributed by atoms with Crippen molar-refractivity contribution in [3.8, 4) is 11.5 Å². The van der Waals surface area contributed by atoms with Crippen molar-refractivity contribution in [2.45, 2.75) is 30.3 Å². The standard InChI is InChI=1S/C21H21N5O5S/c1-25-18-16(20(28)26(2)21(25)29)19(24-17(23-18)12-4-5-12)32-9-15(27)22-8-11-3-6-13-14(7-11)31-10-30-13/h3,6-7,12H,4-5,8-10H2,1-2H3,(H,22,27). The number of amides is 1. The van der Waals surface area contributed by atoms with Gasteiger partial charge in [-0.05, 0) is 30.5 Å². The summed E-state index contributed by atoms with van der Waals surface area (Å²) in [6.45, 7) is 0.534. The van der Waals surface area contributed by atoms with Crippen LogP contribution in [-0.2, 0) is 25.4 Å². The number of aryl methyl sites for hydroxylation is 1. The summed E-state index contributed by atoms with van der Waals surface area (Å²) >= 11 is 1.17. The number of carbonyl (C=O) groups excluding carboxylic acids is 1. The molecule has 1 saturated carbocycles. The number of benzene rings is 1. The van der Waals surface area contributed by atoms with Gasteiger partial charge in [0.1, 0.15) is 16.2 Å². The number of thioether (sulfide) groups is 1. The zero-order valence-electron chi connectivity index (χ0n) is 17.6. The summed E-state index contributed by atoms with van der Waals surface area (Å²) in [5.74, 6) is 2.07. The third-order valence-corrected chi connectivity index (χ3v) is 6.47. The van der Waals surface area contributed by atoms with Crippen LogP contribution < -0.4 is 26.0 Å². The zero-order valence-corrected chi connectivity index (χ0v) is 18.4. The molecule has 1 N–H and O–H groups in total. The van der Waals surface area contributed by atoms with E-state index in [1.54, 1.807) is 7.05 Å². The van der Waals surface area contributed by atoms with Gasteiger partial charge in [-0.25, -0.2) is 14.8 Å². The lowest BCUT2D eigenvalue weighted by atomic mass is 10.2. The molecular weight excluding hydrogens is 434 g/mol. The van der Waals surface area contributed by atoms with Crippen LogP contribution in [0.1, 0.15) is 30.1 Å². The second-order valence-corrected chi connectivity index (χ2v) is 8.78. The van der Waals surface area contributed by atoms with E-state index in [0.717, 1.165) is 23.0 Å². The van der Waals surface area contributed by atoms with Crippen LogP contribution in [-0.4, -0.2) is 37.6 Å². The molecule has 0 bridgehead atoms. The van der Waals surface area contributed by atoms with Gasteiger partial charge in [0.2, 0.25) is 12.7 Å². The van der Waals surface area contributed by atoms with E-state index in [0.29, 0.717) is 34.5 Å². The minimum Gasteiger partial charge on any atom is -0.454 e. The predicted octanol–water partition coefficient (Wildman–Crippen LogP) is 1.04. The van der Waals surface area contributed by atoms with Crippen molar-refractivity contribution in [3.63, 3.8) is 0 Å². The molecule has 166 valence electrons. The van der Waals surface area contributed by atoms with E-state index in [4.69, 9.17) is 9.47 Å². The summed E-state index contributed by atoms with van der Waals surface area (Å²) in [5, 5.41) is 3.55. The average molecular weight is 455 g/mol. The lowest BCUT2D eigenvalue weighted by Gasteiger charge is -2.12. The van der Waals surface area contributed by atoms with Crippen molar-refractivity contribution in [1.29, 1.82) is 0 Å². The summed E-state index contributed by atoms with van der Waals surface area (Å²) in [4.78, 5) is 46.7. The van der Waals surface area contributed by atoms with Crippen molar-refractivity contribution in [2.75, 3.05) is 12.5 Å².